The lowest BCUT2D eigenvalue weighted by atomic mass is 9.87. The molecule has 0 unspecified atom stereocenters. The summed E-state index contributed by atoms with van der Waals surface area (Å²) in [5.41, 5.74) is 7.15. The molecule has 1 aliphatic heterocycles. The van der Waals surface area contributed by atoms with Crippen LogP contribution in [0.4, 0.5) is 0 Å². The van der Waals surface area contributed by atoms with E-state index in [0.717, 1.165) is 31.6 Å². The third kappa shape index (κ3) is 2.71. The highest BCUT2D eigenvalue weighted by molar-refractivity contribution is 6.32. The van der Waals surface area contributed by atoms with Crippen molar-refractivity contribution >= 4 is 11.6 Å². The average molecular weight is 272 g/mol. The average Bonchev–Trinajstić information content (AvgIpc) is 2.42. The van der Waals surface area contributed by atoms with E-state index >= 15 is 0 Å². The predicted molar refractivity (Wildman–Crippen MR) is 70.1 cm³/mol. The summed E-state index contributed by atoms with van der Waals surface area (Å²) < 4.78 is 10.4. The van der Waals surface area contributed by atoms with E-state index in [1.807, 2.05) is 0 Å². The Balaban J connectivity index is 2.23. The van der Waals surface area contributed by atoms with Crippen LogP contribution in [0.25, 0.3) is 0 Å². The van der Waals surface area contributed by atoms with Gasteiger partial charge in [0.1, 0.15) is 0 Å². The number of rotatable bonds is 3. The molecule has 2 rings (SSSR count). The Morgan fingerprint density at radius 3 is 2.72 bits per heavy atom. The van der Waals surface area contributed by atoms with Gasteiger partial charge in [0.05, 0.1) is 12.1 Å². The predicted octanol–water partition coefficient (Wildman–Crippen LogP) is 2.48. The van der Waals surface area contributed by atoms with E-state index in [-0.39, 0.29) is 16.8 Å². The topological polar surface area (TPSA) is 64.7 Å². The fourth-order valence-corrected chi connectivity index (χ4v) is 2.51. The number of methoxy groups -OCH3 is 1. The molecule has 0 aliphatic carbocycles. The molecule has 4 nitrogen and oxygen atoms in total. The molecule has 1 aliphatic rings. The van der Waals surface area contributed by atoms with Gasteiger partial charge in [-0.1, -0.05) is 11.6 Å². The minimum Gasteiger partial charge on any atom is -0.503 e. The van der Waals surface area contributed by atoms with Gasteiger partial charge in [-0.2, -0.15) is 0 Å². The summed E-state index contributed by atoms with van der Waals surface area (Å²) in [6, 6.07) is 3.35. The van der Waals surface area contributed by atoms with Crippen LogP contribution in [0.1, 0.15) is 24.4 Å². The number of benzene rings is 1. The first kappa shape index (κ1) is 13.5. The molecule has 0 aromatic heterocycles. The van der Waals surface area contributed by atoms with Crippen LogP contribution >= 0.6 is 11.6 Å². The standard InChI is InChI=1S/C13H18ClNO3/c1-17-11-7-9(6-10(14)13(11)16)12(15)8-2-4-18-5-3-8/h6-8,12,16H,2-5,15H2,1H3/t12-/m0/s1. The van der Waals surface area contributed by atoms with Crippen LogP contribution in [0.15, 0.2) is 12.1 Å². The molecule has 1 fully saturated rings. The number of aromatic hydroxyl groups is 1. The Hall–Kier alpha value is -0.970. The lowest BCUT2D eigenvalue weighted by Crippen LogP contribution is -2.27. The molecule has 0 spiro atoms. The maximum absolute atomic E-state index is 9.70. The normalized spacial score (nSPS) is 18.6. The highest BCUT2D eigenvalue weighted by atomic mass is 35.5. The number of phenols is 1. The van der Waals surface area contributed by atoms with Crippen molar-refractivity contribution in [1.29, 1.82) is 0 Å². The Morgan fingerprint density at radius 1 is 1.44 bits per heavy atom. The van der Waals surface area contributed by atoms with Gasteiger partial charge in [0, 0.05) is 19.3 Å². The number of hydrogen-bond donors (Lipinski definition) is 2. The maximum Gasteiger partial charge on any atom is 0.176 e. The summed E-state index contributed by atoms with van der Waals surface area (Å²) >= 11 is 5.97. The van der Waals surface area contributed by atoms with Crippen molar-refractivity contribution in [2.24, 2.45) is 11.7 Å². The van der Waals surface area contributed by atoms with Crippen molar-refractivity contribution in [2.45, 2.75) is 18.9 Å². The summed E-state index contributed by atoms with van der Waals surface area (Å²) in [4.78, 5) is 0. The van der Waals surface area contributed by atoms with E-state index in [4.69, 9.17) is 26.8 Å². The highest BCUT2D eigenvalue weighted by Crippen LogP contribution is 2.38. The lowest BCUT2D eigenvalue weighted by molar-refractivity contribution is 0.0583. The Labute approximate surface area is 112 Å². The molecule has 0 saturated carbocycles. The van der Waals surface area contributed by atoms with Crippen molar-refractivity contribution < 1.29 is 14.6 Å². The van der Waals surface area contributed by atoms with Gasteiger partial charge >= 0.3 is 0 Å². The smallest absolute Gasteiger partial charge is 0.176 e. The van der Waals surface area contributed by atoms with E-state index in [1.165, 1.54) is 7.11 Å². The van der Waals surface area contributed by atoms with Crippen LogP contribution in [0.2, 0.25) is 5.02 Å². The van der Waals surface area contributed by atoms with Crippen molar-refractivity contribution in [2.75, 3.05) is 20.3 Å². The molecular weight excluding hydrogens is 254 g/mol. The Morgan fingerprint density at radius 2 is 2.11 bits per heavy atom. The monoisotopic (exact) mass is 271 g/mol. The second-order valence-corrected chi connectivity index (χ2v) is 4.94. The molecule has 0 bridgehead atoms. The van der Waals surface area contributed by atoms with Crippen molar-refractivity contribution in [3.8, 4) is 11.5 Å². The molecule has 3 N–H and O–H groups in total. The van der Waals surface area contributed by atoms with Crippen molar-refractivity contribution in [1.82, 2.24) is 0 Å². The fraction of sp³-hybridized carbons (Fsp3) is 0.538. The molecule has 1 saturated heterocycles. The first-order chi connectivity index (χ1) is 8.63. The second kappa shape index (κ2) is 5.78. The number of hydrogen-bond acceptors (Lipinski definition) is 4. The van der Waals surface area contributed by atoms with Crippen LogP contribution in [0.3, 0.4) is 0 Å². The zero-order valence-electron chi connectivity index (χ0n) is 10.4. The van der Waals surface area contributed by atoms with Gasteiger partial charge in [0.25, 0.3) is 0 Å². The van der Waals surface area contributed by atoms with Crippen LogP contribution in [-0.4, -0.2) is 25.4 Å². The van der Waals surface area contributed by atoms with Crippen LogP contribution in [0.5, 0.6) is 11.5 Å². The first-order valence-corrected chi connectivity index (χ1v) is 6.41. The summed E-state index contributed by atoms with van der Waals surface area (Å²) in [5, 5.41) is 9.97. The summed E-state index contributed by atoms with van der Waals surface area (Å²) in [6.45, 7) is 1.50. The van der Waals surface area contributed by atoms with Gasteiger partial charge in [0.2, 0.25) is 0 Å². The van der Waals surface area contributed by atoms with Gasteiger partial charge in [0.15, 0.2) is 11.5 Å². The number of halogens is 1. The van der Waals surface area contributed by atoms with E-state index in [9.17, 15) is 5.11 Å². The third-order valence-corrected chi connectivity index (χ3v) is 3.72. The second-order valence-electron chi connectivity index (χ2n) is 4.53. The van der Waals surface area contributed by atoms with Gasteiger partial charge in [-0.3, -0.25) is 0 Å². The quantitative estimate of drug-likeness (QED) is 0.886. The van der Waals surface area contributed by atoms with E-state index in [2.05, 4.69) is 0 Å². The third-order valence-electron chi connectivity index (χ3n) is 3.43. The summed E-state index contributed by atoms with van der Waals surface area (Å²) in [5.74, 6) is 0.700. The lowest BCUT2D eigenvalue weighted by Gasteiger charge is -2.28. The van der Waals surface area contributed by atoms with Crippen LogP contribution < -0.4 is 10.5 Å². The largest absolute Gasteiger partial charge is 0.503 e. The van der Waals surface area contributed by atoms with Crippen molar-refractivity contribution in [3.63, 3.8) is 0 Å². The minimum absolute atomic E-state index is 0.0397. The van der Waals surface area contributed by atoms with Crippen molar-refractivity contribution in [3.05, 3.63) is 22.7 Å². The molecule has 1 atom stereocenters. The molecule has 1 aromatic carbocycles. The molecule has 100 valence electrons. The molecule has 5 heteroatoms. The van der Waals surface area contributed by atoms with Gasteiger partial charge in [-0.15, -0.1) is 0 Å². The SMILES string of the molecule is COc1cc([C@@H](N)C2CCOCC2)cc(Cl)c1O. The fourth-order valence-electron chi connectivity index (χ4n) is 2.29. The van der Waals surface area contributed by atoms with E-state index in [1.54, 1.807) is 12.1 Å². The van der Waals surface area contributed by atoms with Gasteiger partial charge < -0.3 is 20.3 Å². The zero-order valence-corrected chi connectivity index (χ0v) is 11.1. The maximum atomic E-state index is 9.70. The van der Waals surface area contributed by atoms with Gasteiger partial charge in [-0.05, 0) is 36.5 Å². The highest BCUT2D eigenvalue weighted by Gasteiger charge is 2.24. The summed E-state index contributed by atoms with van der Waals surface area (Å²) in [7, 11) is 1.50. The molecular formula is C13H18ClNO3. The van der Waals surface area contributed by atoms with Gasteiger partial charge in [-0.25, -0.2) is 0 Å². The van der Waals surface area contributed by atoms with Crippen LogP contribution in [-0.2, 0) is 4.74 Å². The number of phenolic OH excluding ortho intramolecular Hbond substituents is 1. The Kier molecular flexibility index (Phi) is 4.32. The molecule has 18 heavy (non-hydrogen) atoms. The minimum atomic E-state index is -0.110. The van der Waals surface area contributed by atoms with E-state index < -0.39 is 0 Å². The molecule has 0 radical (unpaired) electrons. The number of nitrogens with two attached hydrogens (primary N) is 1. The molecule has 1 heterocycles. The first-order valence-electron chi connectivity index (χ1n) is 6.03. The molecule has 0 amide bonds. The summed E-state index contributed by atoms with van der Waals surface area (Å²) in [6.07, 6.45) is 1.89. The Bertz CT molecular complexity index is 419. The zero-order chi connectivity index (χ0) is 13.1. The van der Waals surface area contributed by atoms with E-state index in [0.29, 0.717) is 11.7 Å². The van der Waals surface area contributed by atoms with Crippen LogP contribution in [0, 0.1) is 5.92 Å². The number of ether oxygens (including phenoxy) is 2. The molecule has 1 aromatic rings.